The summed E-state index contributed by atoms with van der Waals surface area (Å²) in [5, 5.41) is 4.79. The Morgan fingerprint density at radius 1 is 1.42 bits per heavy atom. The molecule has 1 rings (SSSR count). The van der Waals surface area contributed by atoms with Crippen LogP contribution in [0.1, 0.15) is 10.5 Å². The van der Waals surface area contributed by atoms with Crippen LogP contribution >= 0.6 is 0 Å². The second kappa shape index (κ2) is 3.00. The molecule has 0 aromatic carbocycles. The van der Waals surface area contributed by atoms with Gasteiger partial charge in [-0.2, -0.15) is 0 Å². The van der Waals surface area contributed by atoms with E-state index in [1.165, 1.54) is 12.1 Å². The van der Waals surface area contributed by atoms with Crippen molar-refractivity contribution in [1.29, 1.82) is 0 Å². The van der Waals surface area contributed by atoms with Crippen molar-refractivity contribution in [3.63, 3.8) is 0 Å². The topological polar surface area (TPSA) is 90.1 Å². The predicted molar refractivity (Wildman–Crippen MR) is 41.0 cm³/mol. The quantitative estimate of drug-likeness (QED) is 0.633. The zero-order valence-corrected chi connectivity index (χ0v) is 6.78. The number of carbonyl (C=O) groups excluding carboxylic acids is 1. The van der Waals surface area contributed by atoms with Crippen molar-refractivity contribution >= 4 is 16.3 Å². The molecule has 1 aromatic rings. The third-order valence-electron chi connectivity index (χ3n) is 1.21. The fraction of sp³-hybridized carbons (Fsp3) is 0. The van der Waals surface area contributed by atoms with Gasteiger partial charge in [0.1, 0.15) is 10.6 Å². The van der Waals surface area contributed by atoms with Crippen LogP contribution in [0, 0.1) is 0 Å². The molecule has 0 saturated heterocycles. The summed E-state index contributed by atoms with van der Waals surface area (Å²) in [5.74, 6) is 0. The highest BCUT2D eigenvalue weighted by molar-refractivity contribution is 7.89. The zero-order valence-electron chi connectivity index (χ0n) is 5.97. The number of nitrogens with two attached hydrogens (primary N) is 1. The number of primary sulfonamides is 1. The Bertz CT molecular complexity index is 382. The van der Waals surface area contributed by atoms with Gasteiger partial charge in [-0.05, 0) is 12.1 Å². The van der Waals surface area contributed by atoms with Crippen molar-refractivity contribution in [2.24, 2.45) is 5.14 Å². The molecule has 64 valence electrons. The summed E-state index contributed by atoms with van der Waals surface area (Å²) in [7, 11) is -3.71. The van der Waals surface area contributed by atoms with Gasteiger partial charge < -0.3 is 0 Å². The van der Waals surface area contributed by atoms with Crippen LogP contribution in [0.4, 0.5) is 0 Å². The van der Waals surface area contributed by atoms with E-state index in [1.807, 2.05) is 0 Å². The second-order valence-electron chi connectivity index (χ2n) is 2.08. The lowest BCUT2D eigenvalue weighted by molar-refractivity contribution is 0.111. The van der Waals surface area contributed by atoms with Crippen molar-refractivity contribution in [3.8, 4) is 0 Å². The third kappa shape index (κ3) is 1.86. The molecule has 0 bridgehead atoms. The van der Waals surface area contributed by atoms with Crippen molar-refractivity contribution in [2.45, 2.75) is 4.90 Å². The number of pyridine rings is 1. The first-order valence-electron chi connectivity index (χ1n) is 2.98. The molecule has 5 nitrogen and oxygen atoms in total. The van der Waals surface area contributed by atoms with Crippen LogP contribution in [-0.4, -0.2) is 19.7 Å². The Morgan fingerprint density at radius 2 is 2.08 bits per heavy atom. The van der Waals surface area contributed by atoms with Crippen molar-refractivity contribution in [1.82, 2.24) is 4.98 Å². The number of sulfonamides is 1. The van der Waals surface area contributed by atoms with E-state index in [9.17, 15) is 13.2 Å². The summed E-state index contributed by atoms with van der Waals surface area (Å²) in [4.78, 5) is 13.6. The Labute approximate surface area is 69.3 Å². The van der Waals surface area contributed by atoms with Gasteiger partial charge in [0.15, 0.2) is 6.29 Å². The fourth-order valence-electron chi connectivity index (χ4n) is 0.630. The Balaban J connectivity index is 3.17. The van der Waals surface area contributed by atoms with E-state index in [-0.39, 0.29) is 10.6 Å². The number of carbonyl (C=O) groups is 1. The van der Waals surface area contributed by atoms with Crippen LogP contribution in [0.2, 0.25) is 0 Å². The van der Waals surface area contributed by atoms with Crippen LogP contribution in [0.25, 0.3) is 0 Å². The lowest BCUT2D eigenvalue weighted by atomic mass is 10.4. The van der Waals surface area contributed by atoms with E-state index in [2.05, 4.69) is 4.98 Å². The molecular formula is C6H6N2O3S. The summed E-state index contributed by atoms with van der Waals surface area (Å²) in [6, 6.07) is 2.51. The van der Waals surface area contributed by atoms with E-state index < -0.39 is 10.0 Å². The highest BCUT2D eigenvalue weighted by Gasteiger charge is 2.06. The molecular weight excluding hydrogens is 180 g/mol. The molecule has 0 aliphatic carbocycles. The predicted octanol–water partition coefficient (Wildman–Crippen LogP) is -0.459. The maximum atomic E-state index is 10.7. The minimum Gasteiger partial charge on any atom is -0.296 e. The lowest BCUT2D eigenvalue weighted by Crippen LogP contribution is -2.12. The summed E-state index contributed by atoms with van der Waals surface area (Å²) in [5.41, 5.74) is 0.169. The molecule has 1 aromatic heterocycles. The molecule has 12 heavy (non-hydrogen) atoms. The molecule has 0 unspecified atom stereocenters. The summed E-state index contributed by atoms with van der Waals surface area (Å²) < 4.78 is 21.4. The largest absolute Gasteiger partial charge is 0.296 e. The van der Waals surface area contributed by atoms with E-state index in [4.69, 9.17) is 5.14 Å². The van der Waals surface area contributed by atoms with Gasteiger partial charge in [0.05, 0.1) is 0 Å². The van der Waals surface area contributed by atoms with Gasteiger partial charge in [-0.1, -0.05) is 0 Å². The van der Waals surface area contributed by atoms with E-state index in [0.717, 1.165) is 6.20 Å². The van der Waals surface area contributed by atoms with Gasteiger partial charge in [0, 0.05) is 6.20 Å². The van der Waals surface area contributed by atoms with Crippen LogP contribution in [0.5, 0.6) is 0 Å². The number of nitrogens with zero attached hydrogens (tertiary/aromatic N) is 1. The SMILES string of the molecule is NS(=O)(=O)c1ccc(C=O)nc1. The Hall–Kier alpha value is -1.27. The van der Waals surface area contributed by atoms with E-state index in [0.29, 0.717) is 6.29 Å². The van der Waals surface area contributed by atoms with Gasteiger partial charge in [0.25, 0.3) is 0 Å². The van der Waals surface area contributed by atoms with Crippen LogP contribution in [0.15, 0.2) is 23.2 Å². The molecule has 2 N–H and O–H groups in total. The minimum absolute atomic E-state index is 0.104. The van der Waals surface area contributed by atoms with Crippen molar-refractivity contribution < 1.29 is 13.2 Å². The van der Waals surface area contributed by atoms with Gasteiger partial charge in [-0.3, -0.25) is 9.78 Å². The molecule has 0 amide bonds. The number of hydrogen-bond donors (Lipinski definition) is 1. The second-order valence-corrected chi connectivity index (χ2v) is 3.64. The molecule has 0 atom stereocenters. The minimum atomic E-state index is -3.71. The summed E-state index contributed by atoms with van der Waals surface area (Å²) in [6.45, 7) is 0. The molecule has 0 aliphatic heterocycles. The molecule has 0 fully saturated rings. The third-order valence-corrected chi connectivity index (χ3v) is 2.11. The highest BCUT2D eigenvalue weighted by atomic mass is 32.2. The lowest BCUT2D eigenvalue weighted by Gasteiger charge is -1.95. The van der Waals surface area contributed by atoms with Gasteiger partial charge in [-0.25, -0.2) is 13.6 Å². The molecule has 0 saturated carbocycles. The summed E-state index contributed by atoms with van der Waals surface area (Å²) >= 11 is 0. The standard InChI is InChI=1S/C6H6N2O3S/c7-12(10,11)6-2-1-5(4-9)8-3-6/h1-4H,(H2,7,10,11). The van der Waals surface area contributed by atoms with Crippen molar-refractivity contribution in [2.75, 3.05) is 0 Å². The smallest absolute Gasteiger partial charge is 0.239 e. The summed E-state index contributed by atoms with van der Waals surface area (Å²) in [6.07, 6.45) is 1.56. The number of hydrogen-bond acceptors (Lipinski definition) is 4. The molecule has 6 heteroatoms. The molecule has 0 aliphatic rings. The fourth-order valence-corrected chi connectivity index (χ4v) is 1.09. The maximum Gasteiger partial charge on any atom is 0.239 e. The van der Waals surface area contributed by atoms with Gasteiger partial charge in [0.2, 0.25) is 10.0 Å². The van der Waals surface area contributed by atoms with Gasteiger partial charge >= 0.3 is 0 Å². The van der Waals surface area contributed by atoms with E-state index in [1.54, 1.807) is 0 Å². The molecule has 1 heterocycles. The molecule has 0 radical (unpaired) electrons. The van der Waals surface area contributed by atoms with Crippen LogP contribution in [-0.2, 0) is 10.0 Å². The van der Waals surface area contributed by atoms with E-state index >= 15 is 0 Å². The maximum absolute atomic E-state index is 10.7. The average Bonchev–Trinajstić information content (AvgIpc) is 2.03. The number of aromatic nitrogens is 1. The first kappa shape index (κ1) is 8.82. The highest BCUT2D eigenvalue weighted by Crippen LogP contribution is 2.03. The number of rotatable bonds is 2. The first-order chi connectivity index (χ1) is 5.54. The van der Waals surface area contributed by atoms with Gasteiger partial charge in [-0.15, -0.1) is 0 Å². The molecule has 0 spiro atoms. The van der Waals surface area contributed by atoms with Crippen LogP contribution < -0.4 is 5.14 Å². The normalized spacial score (nSPS) is 11.1. The Morgan fingerprint density at radius 3 is 2.42 bits per heavy atom. The number of aldehydes is 1. The zero-order chi connectivity index (χ0) is 9.19. The van der Waals surface area contributed by atoms with Crippen LogP contribution in [0.3, 0.4) is 0 Å². The monoisotopic (exact) mass is 186 g/mol. The average molecular weight is 186 g/mol. The van der Waals surface area contributed by atoms with Crippen molar-refractivity contribution in [3.05, 3.63) is 24.0 Å². The first-order valence-corrected chi connectivity index (χ1v) is 4.53. The Kier molecular flexibility index (Phi) is 2.20.